The van der Waals surface area contributed by atoms with Crippen LogP contribution in [0.15, 0.2) is 30.4 Å². The van der Waals surface area contributed by atoms with E-state index < -0.39 is 20.4 Å². The van der Waals surface area contributed by atoms with Gasteiger partial charge in [0, 0.05) is 0 Å². The van der Waals surface area contributed by atoms with E-state index in [1.54, 1.807) is 0 Å². The van der Waals surface area contributed by atoms with Crippen molar-refractivity contribution >= 4 is 14.3 Å². The first-order valence-electron chi connectivity index (χ1n) is 6.66. The molecule has 21 heavy (non-hydrogen) atoms. The number of hydrogen-bond acceptors (Lipinski definition) is 5. The lowest BCUT2D eigenvalue weighted by atomic mass is 10.0. The van der Waals surface area contributed by atoms with Gasteiger partial charge < -0.3 is 18.6 Å². The van der Waals surface area contributed by atoms with Crippen LogP contribution in [0.2, 0.25) is 19.6 Å². The monoisotopic (exact) mass is 308 g/mol. The molecule has 1 aliphatic heterocycles. The van der Waals surface area contributed by atoms with Crippen LogP contribution in [0.3, 0.4) is 0 Å². The van der Waals surface area contributed by atoms with Crippen molar-refractivity contribution in [2.45, 2.75) is 25.7 Å². The van der Waals surface area contributed by atoms with E-state index in [-0.39, 0.29) is 12.4 Å². The maximum absolute atomic E-state index is 11.8. The van der Waals surface area contributed by atoms with Gasteiger partial charge in [0.15, 0.2) is 19.8 Å². The second-order valence-electron chi connectivity index (χ2n) is 5.74. The second kappa shape index (κ2) is 5.91. The normalized spacial score (nSPS) is 14.7. The summed E-state index contributed by atoms with van der Waals surface area (Å²) in [7, 11) is -0.559. The summed E-state index contributed by atoms with van der Waals surface area (Å²) >= 11 is 0. The van der Waals surface area contributed by atoms with E-state index in [0.717, 1.165) is 5.56 Å². The molecule has 114 valence electrons. The standard InChI is InChI=1S/C15H20O5Si/c1-10(15(16)17-2)14(20-21(3,4)5)11-6-7-12-13(8-11)19-9-18-12/h6-8,14H,1,9H2,2-5H3. The quantitative estimate of drug-likeness (QED) is 0.475. The van der Waals surface area contributed by atoms with E-state index in [2.05, 4.69) is 26.2 Å². The minimum atomic E-state index is -1.89. The summed E-state index contributed by atoms with van der Waals surface area (Å²) in [4.78, 5) is 11.8. The minimum absolute atomic E-state index is 0.205. The smallest absolute Gasteiger partial charge is 0.336 e. The van der Waals surface area contributed by atoms with Crippen LogP contribution < -0.4 is 9.47 Å². The predicted octanol–water partition coefficient (Wildman–Crippen LogP) is 3.04. The fourth-order valence-electron chi connectivity index (χ4n) is 2.01. The van der Waals surface area contributed by atoms with Crippen LogP contribution in [-0.4, -0.2) is 28.2 Å². The molecule has 1 aromatic rings. The van der Waals surface area contributed by atoms with Gasteiger partial charge in [-0.15, -0.1) is 0 Å². The lowest BCUT2D eigenvalue weighted by molar-refractivity contribution is -0.137. The summed E-state index contributed by atoms with van der Waals surface area (Å²) in [6, 6.07) is 5.48. The molecule has 0 saturated carbocycles. The van der Waals surface area contributed by atoms with E-state index in [9.17, 15) is 4.79 Å². The number of ether oxygens (including phenoxy) is 3. The van der Waals surface area contributed by atoms with E-state index in [0.29, 0.717) is 11.5 Å². The van der Waals surface area contributed by atoms with Crippen LogP contribution in [0.1, 0.15) is 11.7 Å². The Bertz CT molecular complexity index is 562. The number of carbonyl (C=O) groups is 1. The van der Waals surface area contributed by atoms with Crippen LogP contribution >= 0.6 is 0 Å². The number of methoxy groups -OCH3 is 1. The first-order valence-corrected chi connectivity index (χ1v) is 10.1. The molecule has 0 fully saturated rings. The zero-order valence-electron chi connectivity index (χ0n) is 12.8. The Labute approximate surface area is 125 Å². The summed E-state index contributed by atoms with van der Waals surface area (Å²) in [6.45, 7) is 10.2. The molecule has 2 rings (SSSR count). The number of fused-ring (bicyclic) bond motifs is 1. The van der Waals surface area contributed by atoms with Gasteiger partial charge in [0.1, 0.15) is 6.10 Å². The van der Waals surface area contributed by atoms with Gasteiger partial charge in [-0.2, -0.15) is 0 Å². The molecule has 1 unspecified atom stereocenters. The predicted molar refractivity (Wildman–Crippen MR) is 80.9 cm³/mol. The van der Waals surface area contributed by atoms with Crippen molar-refractivity contribution in [1.29, 1.82) is 0 Å². The molecular formula is C15H20O5Si. The highest BCUT2D eigenvalue weighted by Gasteiger charge is 2.29. The van der Waals surface area contributed by atoms with Gasteiger partial charge in [-0.3, -0.25) is 0 Å². The lowest BCUT2D eigenvalue weighted by Gasteiger charge is -2.27. The Hall–Kier alpha value is -1.79. The van der Waals surface area contributed by atoms with Gasteiger partial charge in [0.05, 0.1) is 12.7 Å². The zero-order valence-corrected chi connectivity index (χ0v) is 13.8. The SMILES string of the molecule is C=C(C(=O)OC)C(O[Si](C)(C)C)c1ccc2c(c1)OCO2. The van der Waals surface area contributed by atoms with Crippen molar-refractivity contribution < 1.29 is 23.4 Å². The average Bonchev–Trinajstić information content (AvgIpc) is 2.89. The van der Waals surface area contributed by atoms with Crippen LogP contribution in [0, 0.1) is 0 Å². The molecule has 0 bridgehead atoms. The molecule has 0 aromatic heterocycles. The molecule has 0 spiro atoms. The number of carbonyl (C=O) groups excluding carboxylic acids is 1. The van der Waals surface area contributed by atoms with Gasteiger partial charge in [-0.25, -0.2) is 4.79 Å². The number of esters is 1. The maximum atomic E-state index is 11.8. The van der Waals surface area contributed by atoms with E-state index in [1.165, 1.54) is 7.11 Å². The van der Waals surface area contributed by atoms with Crippen molar-refractivity contribution in [3.8, 4) is 11.5 Å². The molecule has 0 saturated heterocycles. The summed E-state index contributed by atoms with van der Waals surface area (Å²) in [5, 5.41) is 0. The third-order valence-electron chi connectivity index (χ3n) is 2.93. The molecule has 1 aliphatic rings. The highest BCUT2D eigenvalue weighted by Crippen LogP contribution is 2.37. The molecule has 1 heterocycles. The van der Waals surface area contributed by atoms with Gasteiger partial charge in [-0.05, 0) is 37.3 Å². The van der Waals surface area contributed by atoms with Crippen LogP contribution in [0.5, 0.6) is 11.5 Å². The Morgan fingerprint density at radius 3 is 2.57 bits per heavy atom. The van der Waals surface area contributed by atoms with Gasteiger partial charge in [-0.1, -0.05) is 12.6 Å². The molecular weight excluding hydrogens is 288 g/mol. The Kier molecular flexibility index (Phi) is 4.39. The average molecular weight is 308 g/mol. The number of hydrogen-bond donors (Lipinski definition) is 0. The lowest BCUT2D eigenvalue weighted by Crippen LogP contribution is -2.30. The largest absolute Gasteiger partial charge is 0.466 e. The van der Waals surface area contributed by atoms with Crippen LogP contribution in [0.25, 0.3) is 0 Å². The molecule has 0 radical (unpaired) electrons. The summed E-state index contributed by atoms with van der Waals surface area (Å²) in [6.07, 6.45) is -0.543. The van der Waals surface area contributed by atoms with E-state index in [4.69, 9.17) is 18.6 Å². The van der Waals surface area contributed by atoms with Gasteiger partial charge in [0.2, 0.25) is 6.79 Å². The molecule has 1 aromatic carbocycles. The van der Waals surface area contributed by atoms with E-state index >= 15 is 0 Å². The Morgan fingerprint density at radius 2 is 1.95 bits per heavy atom. The van der Waals surface area contributed by atoms with Gasteiger partial charge >= 0.3 is 5.97 Å². The zero-order chi connectivity index (χ0) is 15.6. The van der Waals surface area contributed by atoms with Crippen molar-refractivity contribution in [3.63, 3.8) is 0 Å². The van der Waals surface area contributed by atoms with Crippen molar-refractivity contribution in [3.05, 3.63) is 35.9 Å². The maximum Gasteiger partial charge on any atom is 0.336 e. The van der Waals surface area contributed by atoms with Crippen molar-refractivity contribution in [2.24, 2.45) is 0 Å². The topological polar surface area (TPSA) is 54.0 Å². The molecule has 0 amide bonds. The second-order valence-corrected chi connectivity index (χ2v) is 10.2. The highest BCUT2D eigenvalue weighted by atomic mass is 28.4. The first-order chi connectivity index (χ1) is 9.81. The minimum Gasteiger partial charge on any atom is -0.466 e. The molecule has 5 nitrogen and oxygen atoms in total. The number of rotatable bonds is 5. The van der Waals surface area contributed by atoms with E-state index in [1.807, 2.05) is 18.2 Å². The third kappa shape index (κ3) is 3.65. The summed E-state index contributed by atoms with van der Waals surface area (Å²) in [5.41, 5.74) is 1.08. The third-order valence-corrected chi connectivity index (χ3v) is 3.88. The molecule has 6 heteroatoms. The first kappa shape index (κ1) is 15.6. The highest BCUT2D eigenvalue weighted by molar-refractivity contribution is 6.69. The van der Waals surface area contributed by atoms with Crippen molar-refractivity contribution in [2.75, 3.05) is 13.9 Å². The van der Waals surface area contributed by atoms with Crippen LogP contribution in [-0.2, 0) is 14.0 Å². The fraction of sp³-hybridized carbons (Fsp3) is 0.400. The Morgan fingerprint density at radius 1 is 1.29 bits per heavy atom. The van der Waals surface area contributed by atoms with Crippen LogP contribution in [0.4, 0.5) is 0 Å². The summed E-state index contributed by atoms with van der Waals surface area (Å²) < 4.78 is 21.5. The molecule has 0 aliphatic carbocycles. The molecule has 0 N–H and O–H groups in total. The molecule has 1 atom stereocenters. The fourth-order valence-corrected chi connectivity index (χ4v) is 2.99. The summed E-state index contributed by atoms with van der Waals surface area (Å²) in [5.74, 6) is 0.861. The number of benzene rings is 1. The van der Waals surface area contributed by atoms with Gasteiger partial charge in [0.25, 0.3) is 0 Å². The Balaban J connectivity index is 2.34. The van der Waals surface area contributed by atoms with Crippen molar-refractivity contribution in [1.82, 2.24) is 0 Å².